The number of alkyl halides is 3. The average molecular weight is 211 g/mol. The first-order valence-electron chi connectivity index (χ1n) is 3.13. The first-order valence-corrected chi connectivity index (χ1v) is 3.13. The summed E-state index contributed by atoms with van der Waals surface area (Å²) in [7, 11) is 0. The van der Waals surface area contributed by atoms with Gasteiger partial charge in [0.05, 0.1) is 0 Å². The molecule has 4 nitrogen and oxygen atoms in total. The molecular weight excluding hydrogens is 206 g/mol. The summed E-state index contributed by atoms with van der Waals surface area (Å²) in [4.78, 5) is 6.40. The van der Waals surface area contributed by atoms with Crippen molar-refractivity contribution in [2.75, 3.05) is 0 Å². The molecule has 0 aliphatic rings. The maximum Gasteiger partial charge on any atom is 0.429 e. The maximum atomic E-state index is 11.7. The molecule has 0 spiro atoms. The summed E-state index contributed by atoms with van der Waals surface area (Å²) >= 11 is 0. The van der Waals surface area contributed by atoms with Crippen LogP contribution in [0.15, 0.2) is 23.6 Å². The van der Waals surface area contributed by atoms with Crippen LogP contribution in [0.4, 0.5) is 17.6 Å². The van der Waals surface area contributed by atoms with Crippen LogP contribution in [0.2, 0.25) is 0 Å². The smallest absolute Gasteiger partial charge is 0.411 e. The molecule has 0 unspecified atom stereocenters. The molecule has 0 saturated heterocycles. The second-order valence-electron chi connectivity index (χ2n) is 1.80. The van der Waals surface area contributed by atoms with Crippen LogP contribution in [-0.4, -0.2) is 27.6 Å². The van der Waals surface area contributed by atoms with Crippen LogP contribution in [0.3, 0.4) is 0 Å². The number of aromatic nitrogens is 2. The molecule has 78 valence electrons. The quantitative estimate of drug-likeness (QED) is 0.233. The van der Waals surface area contributed by atoms with Gasteiger partial charge in [-0.25, -0.2) is 9.97 Å². The van der Waals surface area contributed by atoms with Gasteiger partial charge in [-0.2, -0.15) is 17.6 Å². The van der Waals surface area contributed by atoms with Crippen LogP contribution in [0.5, 0.6) is 0 Å². The Labute approximate surface area is 75.9 Å². The van der Waals surface area contributed by atoms with Gasteiger partial charge in [-0.15, -0.1) is 0 Å². The topological polar surface area (TPSA) is 58.4 Å². The van der Waals surface area contributed by atoms with E-state index in [1.54, 1.807) is 11.2 Å². The third-order valence-electron chi connectivity index (χ3n) is 0.738. The number of halogens is 4. The van der Waals surface area contributed by atoms with Crippen molar-refractivity contribution in [3.63, 3.8) is 0 Å². The minimum absolute atomic E-state index is 0.507. The molecule has 0 aromatic carbocycles. The Kier molecular flexibility index (Phi) is 5.12. The van der Waals surface area contributed by atoms with Crippen LogP contribution in [-0.2, 0) is 0 Å². The van der Waals surface area contributed by atoms with Crippen LogP contribution < -0.4 is 0 Å². The van der Waals surface area contributed by atoms with E-state index in [4.69, 9.17) is 5.21 Å². The molecule has 0 amide bonds. The van der Waals surface area contributed by atoms with Gasteiger partial charge in [0.25, 0.3) is 0 Å². The monoisotopic (exact) mass is 211 g/mol. The lowest BCUT2D eigenvalue weighted by molar-refractivity contribution is -0.0553. The summed E-state index contributed by atoms with van der Waals surface area (Å²) in [5, 5.41) is 9.01. The van der Waals surface area contributed by atoms with E-state index in [9.17, 15) is 17.6 Å². The van der Waals surface area contributed by atoms with E-state index in [2.05, 4.69) is 9.97 Å². The summed E-state index contributed by atoms with van der Waals surface area (Å²) < 4.78 is 43.9. The summed E-state index contributed by atoms with van der Waals surface area (Å²) in [5.41, 5.74) is 0. The van der Waals surface area contributed by atoms with Crippen LogP contribution in [0.25, 0.3) is 0 Å². The molecule has 0 saturated carbocycles. The van der Waals surface area contributed by atoms with E-state index < -0.39 is 18.5 Å². The standard InChI is InChI=1S/C4H3FN2.C2H2F3NO/c5-4-6-2-1-3-7-4;3-2(4,5)1-6-7/h1-3H;1,7H. The fourth-order valence-electron chi connectivity index (χ4n) is 0.346. The van der Waals surface area contributed by atoms with Crippen molar-refractivity contribution < 1.29 is 22.8 Å². The van der Waals surface area contributed by atoms with Gasteiger partial charge in [-0.3, -0.25) is 0 Å². The number of hydrogen-bond donors (Lipinski definition) is 1. The Bertz CT molecular complexity index is 274. The molecule has 1 heterocycles. The Morgan fingerprint density at radius 2 is 1.79 bits per heavy atom. The van der Waals surface area contributed by atoms with Crippen LogP contribution in [0.1, 0.15) is 0 Å². The molecule has 0 aliphatic heterocycles. The van der Waals surface area contributed by atoms with Crippen molar-refractivity contribution >= 4 is 6.21 Å². The predicted octanol–water partition coefficient (Wildman–Crippen LogP) is 1.62. The molecule has 1 aromatic heterocycles. The van der Waals surface area contributed by atoms with E-state index in [0.29, 0.717) is 0 Å². The zero-order valence-corrected chi connectivity index (χ0v) is 6.61. The fraction of sp³-hybridized carbons (Fsp3) is 0.167. The summed E-state index contributed by atoms with van der Waals surface area (Å²) in [6, 6.07) is 1.56. The molecule has 14 heavy (non-hydrogen) atoms. The van der Waals surface area contributed by atoms with Crippen LogP contribution in [0, 0.1) is 6.08 Å². The first-order chi connectivity index (χ1) is 6.45. The number of nitrogens with zero attached hydrogens (tertiary/aromatic N) is 3. The molecule has 1 aromatic rings. The molecule has 0 fully saturated rings. The molecule has 0 radical (unpaired) electrons. The lowest BCUT2D eigenvalue weighted by atomic mass is 10.7. The summed E-state index contributed by atoms with van der Waals surface area (Å²) in [6.45, 7) is 0. The SMILES string of the molecule is Fc1ncccn1.ON=CC(F)(F)F. The van der Waals surface area contributed by atoms with Crippen molar-refractivity contribution in [3.05, 3.63) is 24.5 Å². The second-order valence-corrected chi connectivity index (χ2v) is 1.80. The third-order valence-corrected chi connectivity index (χ3v) is 0.738. The molecule has 0 aliphatic carbocycles. The molecular formula is C6H5F4N3O. The number of hydrogen-bond acceptors (Lipinski definition) is 4. The Morgan fingerprint density at radius 3 is 1.93 bits per heavy atom. The Hall–Kier alpha value is -1.73. The van der Waals surface area contributed by atoms with Gasteiger partial charge in [-0.05, 0) is 6.07 Å². The normalized spacial score (nSPS) is 10.9. The van der Waals surface area contributed by atoms with Gasteiger partial charge in [0, 0.05) is 12.4 Å². The lowest BCUT2D eigenvalue weighted by Crippen LogP contribution is -2.07. The summed E-state index contributed by atoms with van der Waals surface area (Å²) in [5.74, 6) is 0. The lowest BCUT2D eigenvalue weighted by Gasteiger charge is -1.91. The minimum atomic E-state index is -4.49. The van der Waals surface area contributed by atoms with E-state index in [1.807, 2.05) is 0 Å². The van der Waals surface area contributed by atoms with Crippen molar-refractivity contribution in [1.29, 1.82) is 0 Å². The van der Waals surface area contributed by atoms with Crippen LogP contribution >= 0.6 is 0 Å². The highest BCUT2D eigenvalue weighted by Gasteiger charge is 2.23. The average Bonchev–Trinajstić information content (AvgIpc) is 2.04. The molecule has 8 heteroatoms. The summed E-state index contributed by atoms with van der Waals surface area (Å²) in [6.07, 6.45) is -2.98. The van der Waals surface area contributed by atoms with Gasteiger partial charge in [0.15, 0.2) is 0 Å². The van der Waals surface area contributed by atoms with Crippen molar-refractivity contribution in [1.82, 2.24) is 9.97 Å². The highest BCUT2D eigenvalue weighted by molar-refractivity contribution is 5.62. The highest BCUT2D eigenvalue weighted by Crippen LogP contribution is 2.09. The molecule has 0 atom stereocenters. The van der Waals surface area contributed by atoms with Gasteiger partial charge in [0.1, 0.15) is 6.21 Å². The largest absolute Gasteiger partial charge is 0.429 e. The number of rotatable bonds is 0. The minimum Gasteiger partial charge on any atom is -0.411 e. The Balaban J connectivity index is 0.000000241. The predicted molar refractivity (Wildman–Crippen MR) is 38.3 cm³/mol. The first kappa shape index (κ1) is 12.3. The van der Waals surface area contributed by atoms with Crippen molar-refractivity contribution in [2.24, 2.45) is 5.16 Å². The van der Waals surface area contributed by atoms with Crippen molar-refractivity contribution in [3.8, 4) is 0 Å². The molecule has 1 rings (SSSR count). The second kappa shape index (κ2) is 5.84. The molecule has 0 bridgehead atoms. The zero-order chi connectivity index (χ0) is 11.0. The maximum absolute atomic E-state index is 11.7. The van der Waals surface area contributed by atoms with Gasteiger partial charge in [-0.1, -0.05) is 5.16 Å². The van der Waals surface area contributed by atoms with Gasteiger partial charge < -0.3 is 5.21 Å². The Morgan fingerprint density at radius 1 is 1.29 bits per heavy atom. The molecule has 1 N–H and O–H groups in total. The zero-order valence-electron chi connectivity index (χ0n) is 6.61. The fourth-order valence-corrected chi connectivity index (χ4v) is 0.346. The van der Waals surface area contributed by atoms with Gasteiger partial charge >= 0.3 is 12.3 Å². The van der Waals surface area contributed by atoms with E-state index in [0.717, 1.165) is 0 Å². The van der Waals surface area contributed by atoms with Gasteiger partial charge in [0.2, 0.25) is 0 Å². The van der Waals surface area contributed by atoms with Crippen molar-refractivity contribution in [2.45, 2.75) is 6.18 Å². The highest BCUT2D eigenvalue weighted by atomic mass is 19.4. The number of oxime groups is 1. The van der Waals surface area contributed by atoms with E-state index >= 15 is 0 Å². The van der Waals surface area contributed by atoms with E-state index in [1.165, 1.54) is 12.4 Å². The third kappa shape index (κ3) is 8.37. The van der Waals surface area contributed by atoms with E-state index in [-0.39, 0.29) is 0 Å².